The first-order valence-electron chi connectivity index (χ1n) is 8.35. The second kappa shape index (κ2) is 6.69. The quantitative estimate of drug-likeness (QED) is 0.929. The molecular weight excluding hydrogens is 276 g/mol. The van der Waals surface area contributed by atoms with Gasteiger partial charge >= 0.3 is 0 Å². The Labute approximate surface area is 132 Å². The van der Waals surface area contributed by atoms with Crippen LogP contribution in [0, 0.1) is 11.8 Å². The van der Waals surface area contributed by atoms with Crippen molar-refractivity contribution >= 4 is 5.91 Å². The second-order valence-electron chi connectivity index (χ2n) is 6.58. The highest BCUT2D eigenvalue weighted by molar-refractivity contribution is 5.80. The molecule has 2 aliphatic rings. The molecule has 1 unspecified atom stereocenters. The summed E-state index contributed by atoms with van der Waals surface area (Å²) in [5, 5.41) is 0. The second-order valence-corrected chi connectivity index (χ2v) is 6.58. The molecule has 0 bridgehead atoms. The van der Waals surface area contributed by atoms with Crippen LogP contribution >= 0.6 is 0 Å². The van der Waals surface area contributed by atoms with E-state index in [2.05, 4.69) is 17.0 Å². The summed E-state index contributed by atoms with van der Waals surface area (Å²) in [5.41, 5.74) is 7.13. The molecule has 0 spiro atoms. The third-order valence-corrected chi connectivity index (χ3v) is 5.37. The molecule has 4 nitrogen and oxygen atoms in total. The number of amides is 1. The van der Waals surface area contributed by atoms with Crippen LogP contribution in [-0.2, 0) is 4.79 Å². The van der Waals surface area contributed by atoms with Crippen molar-refractivity contribution in [3.8, 4) is 5.75 Å². The number of carbonyl (C=O) groups is 1. The van der Waals surface area contributed by atoms with Crippen molar-refractivity contribution in [2.24, 2.45) is 17.6 Å². The molecule has 1 aliphatic carbocycles. The first-order valence-corrected chi connectivity index (χ1v) is 8.35. The molecule has 1 amide bonds. The van der Waals surface area contributed by atoms with Crippen LogP contribution in [0.1, 0.15) is 37.2 Å². The summed E-state index contributed by atoms with van der Waals surface area (Å²) >= 11 is 0. The number of hydrogen-bond acceptors (Lipinski definition) is 3. The minimum absolute atomic E-state index is 0.166. The minimum atomic E-state index is 0.166. The molecule has 1 saturated carbocycles. The molecule has 1 heterocycles. The van der Waals surface area contributed by atoms with Gasteiger partial charge in [-0.05, 0) is 49.4 Å². The van der Waals surface area contributed by atoms with Crippen molar-refractivity contribution in [2.45, 2.75) is 31.6 Å². The van der Waals surface area contributed by atoms with Gasteiger partial charge in [0.05, 0.1) is 7.11 Å². The molecule has 3 rings (SSSR count). The third kappa shape index (κ3) is 2.98. The lowest BCUT2D eigenvalue weighted by Crippen LogP contribution is -2.37. The van der Waals surface area contributed by atoms with Gasteiger partial charge in [0.15, 0.2) is 0 Å². The summed E-state index contributed by atoms with van der Waals surface area (Å²) in [6, 6.07) is 8.24. The molecule has 2 fully saturated rings. The first kappa shape index (κ1) is 15.3. The van der Waals surface area contributed by atoms with Gasteiger partial charge in [-0.3, -0.25) is 4.79 Å². The predicted octanol–water partition coefficient (Wildman–Crippen LogP) is 2.39. The lowest BCUT2D eigenvalue weighted by Gasteiger charge is -2.24. The van der Waals surface area contributed by atoms with Crippen LogP contribution in [-0.4, -0.2) is 37.6 Å². The molecule has 0 radical (unpaired) electrons. The zero-order valence-corrected chi connectivity index (χ0v) is 13.3. The predicted molar refractivity (Wildman–Crippen MR) is 86.8 cm³/mol. The number of ether oxygens (including phenoxy) is 1. The zero-order chi connectivity index (χ0) is 15.5. The van der Waals surface area contributed by atoms with E-state index in [1.54, 1.807) is 7.11 Å². The molecular formula is C18H26N2O2. The highest BCUT2D eigenvalue weighted by Gasteiger charge is 2.37. The van der Waals surface area contributed by atoms with Gasteiger partial charge in [0.25, 0.3) is 0 Å². The van der Waals surface area contributed by atoms with Gasteiger partial charge in [-0.2, -0.15) is 0 Å². The molecule has 1 aromatic rings. The summed E-state index contributed by atoms with van der Waals surface area (Å²) in [4.78, 5) is 14.8. The Morgan fingerprint density at radius 3 is 2.73 bits per heavy atom. The molecule has 1 saturated heterocycles. The van der Waals surface area contributed by atoms with Crippen molar-refractivity contribution in [3.05, 3.63) is 29.8 Å². The third-order valence-electron chi connectivity index (χ3n) is 5.37. The Morgan fingerprint density at radius 2 is 2.05 bits per heavy atom. The Balaban J connectivity index is 1.62. The van der Waals surface area contributed by atoms with E-state index in [4.69, 9.17) is 10.5 Å². The Kier molecular flexibility index (Phi) is 4.67. The van der Waals surface area contributed by atoms with Gasteiger partial charge in [-0.15, -0.1) is 0 Å². The van der Waals surface area contributed by atoms with Gasteiger partial charge in [0.1, 0.15) is 5.75 Å². The van der Waals surface area contributed by atoms with Crippen LogP contribution in [0.4, 0.5) is 0 Å². The fraction of sp³-hybridized carbons (Fsp3) is 0.611. The van der Waals surface area contributed by atoms with Crippen molar-refractivity contribution in [2.75, 3.05) is 26.7 Å². The molecule has 3 atom stereocenters. The number of hydrogen-bond donors (Lipinski definition) is 1. The normalized spacial score (nSPS) is 28.1. The average molecular weight is 302 g/mol. The summed E-state index contributed by atoms with van der Waals surface area (Å²) < 4.78 is 5.21. The smallest absolute Gasteiger partial charge is 0.226 e. The van der Waals surface area contributed by atoms with Gasteiger partial charge in [-0.25, -0.2) is 0 Å². The monoisotopic (exact) mass is 302 g/mol. The van der Waals surface area contributed by atoms with Gasteiger partial charge in [-0.1, -0.05) is 18.6 Å². The van der Waals surface area contributed by atoms with Crippen LogP contribution in [0.3, 0.4) is 0 Å². The van der Waals surface area contributed by atoms with E-state index in [9.17, 15) is 4.79 Å². The number of nitrogens with zero attached hydrogens (tertiary/aromatic N) is 1. The van der Waals surface area contributed by atoms with Crippen LogP contribution in [0.5, 0.6) is 5.75 Å². The highest BCUT2D eigenvalue weighted by Crippen LogP contribution is 2.35. The van der Waals surface area contributed by atoms with Crippen molar-refractivity contribution in [3.63, 3.8) is 0 Å². The van der Waals surface area contributed by atoms with E-state index >= 15 is 0 Å². The largest absolute Gasteiger partial charge is 0.497 e. The van der Waals surface area contributed by atoms with Crippen molar-refractivity contribution in [1.82, 2.24) is 4.90 Å². The Morgan fingerprint density at radius 1 is 1.27 bits per heavy atom. The van der Waals surface area contributed by atoms with E-state index in [1.807, 2.05) is 12.1 Å². The summed E-state index contributed by atoms with van der Waals surface area (Å²) in [5.74, 6) is 2.23. The lowest BCUT2D eigenvalue weighted by molar-refractivity contribution is -0.135. The van der Waals surface area contributed by atoms with Gasteiger partial charge in [0, 0.05) is 24.9 Å². The van der Waals surface area contributed by atoms with Crippen molar-refractivity contribution < 1.29 is 9.53 Å². The molecule has 4 heteroatoms. The average Bonchev–Trinajstić information content (AvgIpc) is 3.23. The van der Waals surface area contributed by atoms with Crippen LogP contribution in [0.25, 0.3) is 0 Å². The van der Waals surface area contributed by atoms with Crippen LogP contribution in [0.2, 0.25) is 0 Å². The van der Waals surface area contributed by atoms with E-state index < -0.39 is 0 Å². The fourth-order valence-electron chi connectivity index (χ4n) is 3.99. The standard InChI is InChI=1S/C18H26N2O2/c1-22-16-7-5-13(6-8-16)15-9-10-20(12-15)18(21)17-4-2-3-14(17)11-19/h5-8,14-15,17H,2-4,9-12,19H2,1H3/t14-,15?,17-/m1/s1. The van der Waals surface area contributed by atoms with Crippen molar-refractivity contribution in [1.29, 1.82) is 0 Å². The topological polar surface area (TPSA) is 55.6 Å². The number of carbonyl (C=O) groups excluding carboxylic acids is 1. The molecule has 1 aliphatic heterocycles. The molecule has 0 aromatic heterocycles. The number of methoxy groups -OCH3 is 1. The van der Waals surface area contributed by atoms with Crippen LogP contribution < -0.4 is 10.5 Å². The Hall–Kier alpha value is -1.55. The Bertz CT molecular complexity index is 514. The fourth-order valence-corrected chi connectivity index (χ4v) is 3.99. The zero-order valence-electron chi connectivity index (χ0n) is 13.3. The number of likely N-dealkylation sites (tertiary alicyclic amines) is 1. The summed E-state index contributed by atoms with van der Waals surface area (Å²) in [6.07, 6.45) is 4.33. The number of rotatable bonds is 4. The van der Waals surface area contributed by atoms with E-state index in [1.165, 1.54) is 5.56 Å². The van der Waals surface area contributed by atoms with Crippen LogP contribution in [0.15, 0.2) is 24.3 Å². The van der Waals surface area contributed by atoms with E-state index in [-0.39, 0.29) is 5.92 Å². The summed E-state index contributed by atoms with van der Waals surface area (Å²) in [7, 11) is 1.68. The minimum Gasteiger partial charge on any atom is -0.497 e. The molecule has 1 aromatic carbocycles. The first-order chi connectivity index (χ1) is 10.7. The number of benzene rings is 1. The van der Waals surface area contributed by atoms with E-state index in [0.717, 1.165) is 44.5 Å². The maximum Gasteiger partial charge on any atom is 0.226 e. The molecule has 22 heavy (non-hydrogen) atoms. The highest BCUT2D eigenvalue weighted by atomic mass is 16.5. The van der Waals surface area contributed by atoms with Gasteiger partial charge < -0.3 is 15.4 Å². The number of nitrogens with two attached hydrogens (primary N) is 1. The summed E-state index contributed by atoms with van der Waals surface area (Å²) in [6.45, 7) is 2.37. The van der Waals surface area contributed by atoms with E-state index in [0.29, 0.717) is 24.3 Å². The molecule has 120 valence electrons. The maximum absolute atomic E-state index is 12.7. The molecule has 2 N–H and O–H groups in total. The van der Waals surface area contributed by atoms with Gasteiger partial charge in [0.2, 0.25) is 5.91 Å². The SMILES string of the molecule is COc1ccc(C2CCN(C(=O)[C@@H]3CCC[C@@H]3CN)C2)cc1. The maximum atomic E-state index is 12.7. The lowest BCUT2D eigenvalue weighted by atomic mass is 9.94.